The van der Waals surface area contributed by atoms with Gasteiger partial charge in [0.15, 0.2) is 0 Å². The molecular formula is C16H17F2N3O. The summed E-state index contributed by atoms with van der Waals surface area (Å²) in [6, 6.07) is 4.77. The van der Waals surface area contributed by atoms with Gasteiger partial charge in [-0.3, -0.25) is 9.78 Å². The highest BCUT2D eigenvalue weighted by Gasteiger charge is 2.09. The van der Waals surface area contributed by atoms with E-state index in [1.807, 2.05) is 19.0 Å². The molecule has 0 aliphatic rings. The van der Waals surface area contributed by atoms with Crippen molar-refractivity contribution in [3.8, 4) is 11.1 Å². The maximum Gasteiger partial charge on any atom is 0.252 e. The third-order valence-electron chi connectivity index (χ3n) is 3.04. The second-order valence-electron chi connectivity index (χ2n) is 5.18. The maximum absolute atomic E-state index is 13.3. The Balaban J connectivity index is 2.17. The van der Waals surface area contributed by atoms with Crippen LogP contribution in [0.15, 0.2) is 36.7 Å². The van der Waals surface area contributed by atoms with Gasteiger partial charge in [0.05, 0.1) is 5.56 Å². The molecule has 0 atom stereocenters. The number of nitrogens with zero attached hydrogens (tertiary/aromatic N) is 2. The van der Waals surface area contributed by atoms with E-state index < -0.39 is 11.6 Å². The molecule has 2 aromatic rings. The zero-order chi connectivity index (χ0) is 16.1. The Morgan fingerprint density at radius 1 is 1.09 bits per heavy atom. The summed E-state index contributed by atoms with van der Waals surface area (Å²) in [5.41, 5.74) is 1.17. The van der Waals surface area contributed by atoms with Gasteiger partial charge in [-0.05, 0) is 37.9 Å². The van der Waals surface area contributed by atoms with Crippen LogP contribution < -0.4 is 5.32 Å². The average Bonchev–Trinajstić information content (AvgIpc) is 2.46. The normalized spacial score (nSPS) is 10.8. The molecule has 0 aliphatic heterocycles. The van der Waals surface area contributed by atoms with Crippen molar-refractivity contribution < 1.29 is 13.6 Å². The van der Waals surface area contributed by atoms with Crippen molar-refractivity contribution in [1.29, 1.82) is 0 Å². The van der Waals surface area contributed by atoms with Crippen molar-refractivity contribution in [3.05, 3.63) is 53.9 Å². The lowest BCUT2D eigenvalue weighted by Gasteiger charge is -2.10. The summed E-state index contributed by atoms with van der Waals surface area (Å²) in [6.07, 6.45) is 2.88. The first kappa shape index (κ1) is 16.0. The van der Waals surface area contributed by atoms with E-state index in [1.165, 1.54) is 24.5 Å². The fraction of sp³-hybridized carbons (Fsp3) is 0.250. The molecule has 1 aromatic heterocycles. The molecule has 116 valence electrons. The summed E-state index contributed by atoms with van der Waals surface area (Å²) in [4.78, 5) is 17.9. The molecule has 1 aromatic carbocycles. The van der Waals surface area contributed by atoms with Gasteiger partial charge >= 0.3 is 0 Å². The number of nitrogens with one attached hydrogen (secondary N) is 1. The molecule has 0 spiro atoms. The highest BCUT2D eigenvalue weighted by atomic mass is 19.1. The van der Waals surface area contributed by atoms with Crippen LogP contribution in [-0.4, -0.2) is 43.0 Å². The number of aromatic nitrogens is 1. The molecule has 0 fully saturated rings. The number of likely N-dealkylation sites (N-methyl/N-ethyl adjacent to an activating group) is 1. The molecule has 0 radical (unpaired) electrons. The maximum atomic E-state index is 13.3. The minimum Gasteiger partial charge on any atom is -0.351 e. The van der Waals surface area contributed by atoms with Crippen LogP contribution in [0, 0.1) is 11.6 Å². The van der Waals surface area contributed by atoms with Gasteiger partial charge in [-0.2, -0.15) is 0 Å². The first-order valence-corrected chi connectivity index (χ1v) is 6.80. The highest BCUT2D eigenvalue weighted by Crippen LogP contribution is 2.21. The Hall–Kier alpha value is -2.34. The van der Waals surface area contributed by atoms with Crippen molar-refractivity contribution in [2.45, 2.75) is 0 Å². The predicted molar refractivity (Wildman–Crippen MR) is 80.5 cm³/mol. The van der Waals surface area contributed by atoms with Crippen molar-refractivity contribution in [2.75, 3.05) is 27.2 Å². The van der Waals surface area contributed by atoms with Crippen LogP contribution in [0.4, 0.5) is 8.78 Å². The second-order valence-corrected chi connectivity index (χ2v) is 5.18. The Morgan fingerprint density at radius 2 is 1.77 bits per heavy atom. The number of benzene rings is 1. The number of pyridine rings is 1. The molecule has 22 heavy (non-hydrogen) atoms. The lowest BCUT2D eigenvalue weighted by Crippen LogP contribution is -2.31. The second kappa shape index (κ2) is 7.09. The standard InChI is InChI=1S/C16H17F2N3O/c1-21(2)4-3-20-16(22)13-5-12(9-19-10-13)11-6-14(17)8-15(18)7-11/h5-10H,3-4H2,1-2H3,(H,20,22). The number of carbonyl (C=O) groups excluding carboxylic acids is 1. The first-order valence-electron chi connectivity index (χ1n) is 6.80. The Bertz CT molecular complexity index is 654. The number of carbonyl (C=O) groups is 1. The smallest absolute Gasteiger partial charge is 0.252 e. The molecule has 2 rings (SSSR count). The van der Waals surface area contributed by atoms with Crippen LogP contribution in [0.2, 0.25) is 0 Å². The third-order valence-corrected chi connectivity index (χ3v) is 3.04. The molecule has 4 nitrogen and oxygen atoms in total. The first-order chi connectivity index (χ1) is 10.5. The zero-order valence-corrected chi connectivity index (χ0v) is 12.4. The van der Waals surface area contributed by atoms with Crippen LogP contribution in [0.25, 0.3) is 11.1 Å². The van der Waals surface area contributed by atoms with Crippen LogP contribution in [0.1, 0.15) is 10.4 Å². The number of amides is 1. The summed E-state index contributed by atoms with van der Waals surface area (Å²) in [7, 11) is 3.82. The summed E-state index contributed by atoms with van der Waals surface area (Å²) >= 11 is 0. The quantitative estimate of drug-likeness (QED) is 0.922. The number of hydrogen-bond acceptors (Lipinski definition) is 3. The van der Waals surface area contributed by atoms with Crippen LogP contribution >= 0.6 is 0 Å². The summed E-state index contributed by atoms with van der Waals surface area (Å²) in [5, 5.41) is 2.76. The molecule has 0 aliphatic carbocycles. The van der Waals surface area contributed by atoms with E-state index in [-0.39, 0.29) is 5.91 Å². The lowest BCUT2D eigenvalue weighted by atomic mass is 10.1. The summed E-state index contributed by atoms with van der Waals surface area (Å²) in [6.45, 7) is 1.22. The van der Waals surface area contributed by atoms with E-state index in [1.54, 1.807) is 6.07 Å². The largest absolute Gasteiger partial charge is 0.351 e. The van der Waals surface area contributed by atoms with Gasteiger partial charge in [0.1, 0.15) is 11.6 Å². The van der Waals surface area contributed by atoms with E-state index in [4.69, 9.17) is 0 Å². The monoisotopic (exact) mass is 305 g/mol. The zero-order valence-electron chi connectivity index (χ0n) is 12.4. The van der Waals surface area contributed by atoms with Gasteiger partial charge in [0.25, 0.3) is 5.91 Å². The topological polar surface area (TPSA) is 45.2 Å². The van der Waals surface area contributed by atoms with E-state index in [9.17, 15) is 13.6 Å². The van der Waals surface area contributed by atoms with Gasteiger partial charge < -0.3 is 10.2 Å². The van der Waals surface area contributed by atoms with E-state index in [2.05, 4.69) is 10.3 Å². The molecule has 6 heteroatoms. The molecule has 1 heterocycles. The Morgan fingerprint density at radius 3 is 2.41 bits per heavy atom. The average molecular weight is 305 g/mol. The number of hydrogen-bond donors (Lipinski definition) is 1. The van der Waals surface area contributed by atoms with Crippen LogP contribution in [0.5, 0.6) is 0 Å². The molecule has 0 unspecified atom stereocenters. The fourth-order valence-corrected chi connectivity index (χ4v) is 1.94. The van der Waals surface area contributed by atoms with Gasteiger partial charge in [0, 0.05) is 37.1 Å². The minimum atomic E-state index is -0.671. The summed E-state index contributed by atoms with van der Waals surface area (Å²) < 4.78 is 26.5. The summed E-state index contributed by atoms with van der Waals surface area (Å²) in [5.74, 6) is -1.61. The van der Waals surface area contributed by atoms with Gasteiger partial charge in [0.2, 0.25) is 0 Å². The molecule has 1 N–H and O–H groups in total. The van der Waals surface area contributed by atoms with E-state index in [0.29, 0.717) is 29.8 Å². The van der Waals surface area contributed by atoms with Gasteiger partial charge in [-0.25, -0.2) is 8.78 Å². The van der Waals surface area contributed by atoms with Crippen LogP contribution in [0.3, 0.4) is 0 Å². The van der Waals surface area contributed by atoms with Crippen molar-refractivity contribution in [2.24, 2.45) is 0 Å². The Kier molecular flexibility index (Phi) is 5.16. The SMILES string of the molecule is CN(C)CCNC(=O)c1cncc(-c2cc(F)cc(F)c2)c1. The molecular weight excluding hydrogens is 288 g/mol. The molecule has 1 amide bonds. The predicted octanol–water partition coefficient (Wildman–Crippen LogP) is 2.32. The van der Waals surface area contributed by atoms with Gasteiger partial charge in [-0.1, -0.05) is 0 Å². The van der Waals surface area contributed by atoms with Crippen molar-refractivity contribution >= 4 is 5.91 Å². The lowest BCUT2D eigenvalue weighted by molar-refractivity contribution is 0.0950. The minimum absolute atomic E-state index is 0.270. The Labute approximate surface area is 127 Å². The molecule has 0 bridgehead atoms. The number of halogens is 2. The number of rotatable bonds is 5. The van der Waals surface area contributed by atoms with Crippen molar-refractivity contribution in [3.63, 3.8) is 0 Å². The molecule has 0 saturated carbocycles. The van der Waals surface area contributed by atoms with Crippen molar-refractivity contribution in [1.82, 2.24) is 15.2 Å². The fourth-order valence-electron chi connectivity index (χ4n) is 1.94. The third kappa shape index (κ3) is 4.33. The van der Waals surface area contributed by atoms with E-state index >= 15 is 0 Å². The van der Waals surface area contributed by atoms with Gasteiger partial charge in [-0.15, -0.1) is 0 Å². The molecule has 0 saturated heterocycles. The van der Waals surface area contributed by atoms with Crippen LogP contribution in [-0.2, 0) is 0 Å². The van der Waals surface area contributed by atoms with E-state index in [0.717, 1.165) is 6.07 Å². The highest BCUT2D eigenvalue weighted by molar-refractivity contribution is 5.95.